The molecule has 1 aliphatic heterocycles. The number of nitrogens with zero attached hydrogens (tertiary/aromatic N) is 2. The zero-order valence-electron chi connectivity index (χ0n) is 11.5. The number of benzene rings is 1. The van der Waals surface area contributed by atoms with Crippen LogP contribution < -0.4 is 10.6 Å². The summed E-state index contributed by atoms with van der Waals surface area (Å²) in [6, 6.07) is 10.8. The van der Waals surface area contributed by atoms with Crippen LogP contribution >= 0.6 is 11.3 Å². The Morgan fingerprint density at radius 3 is 2.95 bits per heavy atom. The normalized spacial score (nSPS) is 17.6. The van der Waals surface area contributed by atoms with Crippen LogP contribution in [0.2, 0.25) is 0 Å². The second-order valence-corrected chi connectivity index (χ2v) is 5.78. The molecule has 1 atom stereocenters. The molecule has 0 radical (unpaired) electrons. The Hall–Kier alpha value is -1.88. The standard InChI is InChI=1S/C15H18N4S/c1-11-9-17-15(18-11)16-8-7-13-10-20-14(19-13)12-5-3-2-4-6-12/h2-6,10-11H,7-9H2,1H3,(H2,16,17,18). The molecule has 2 aromatic rings. The zero-order chi connectivity index (χ0) is 13.8. The Morgan fingerprint density at radius 1 is 1.35 bits per heavy atom. The SMILES string of the molecule is CC1CN=C(NCCc2csc(-c3ccccc3)n2)N1. The minimum absolute atomic E-state index is 0.446. The van der Waals surface area contributed by atoms with Crippen LogP contribution in [0.3, 0.4) is 0 Å². The van der Waals surface area contributed by atoms with Gasteiger partial charge in [-0.25, -0.2) is 4.98 Å². The van der Waals surface area contributed by atoms with E-state index in [1.54, 1.807) is 11.3 Å². The van der Waals surface area contributed by atoms with Gasteiger partial charge < -0.3 is 10.6 Å². The summed E-state index contributed by atoms with van der Waals surface area (Å²) in [6.45, 7) is 3.85. The van der Waals surface area contributed by atoms with Crippen molar-refractivity contribution in [1.29, 1.82) is 0 Å². The van der Waals surface area contributed by atoms with E-state index in [2.05, 4.69) is 45.0 Å². The van der Waals surface area contributed by atoms with Gasteiger partial charge in [-0.15, -0.1) is 11.3 Å². The highest BCUT2D eigenvalue weighted by Gasteiger charge is 2.11. The summed E-state index contributed by atoms with van der Waals surface area (Å²) >= 11 is 1.70. The third kappa shape index (κ3) is 3.17. The van der Waals surface area contributed by atoms with Crippen molar-refractivity contribution < 1.29 is 0 Å². The first-order chi connectivity index (χ1) is 9.81. The van der Waals surface area contributed by atoms with Crippen molar-refractivity contribution >= 4 is 17.3 Å². The first-order valence-corrected chi connectivity index (χ1v) is 7.74. The molecule has 20 heavy (non-hydrogen) atoms. The molecular weight excluding hydrogens is 268 g/mol. The zero-order valence-corrected chi connectivity index (χ0v) is 12.3. The van der Waals surface area contributed by atoms with Crippen molar-refractivity contribution in [3.63, 3.8) is 0 Å². The Labute approximate surface area is 123 Å². The van der Waals surface area contributed by atoms with Gasteiger partial charge in [0.2, 0.25) is 0 Å². The fourth-order valence-corrected chi connectivity index (χ4v) is 2.96. The molecule has 1 aromatic carbocycles. The van der Waals surface area contributed by atoms with Crippen LogP contribution in [0.15, 0.2) is 40.7 Å². The highest BCUT2D eigenvalue weighted by atomic mass is 32.1. The smallest absolute Gasteiger partial charge is 0.191 e. The van der Waals surface area contributed by atoms with Crippen molar-refractivity contribution in [1.82, 2.24) is 15.6 Å². The monoisotopic (exact) mass is 286 g/mol. The second-order valence-electron chi connectivity index (χ2n) is 4.92. The molecule has 0 spiro atoms. The molecule has 3 rings (SSSR count). The summed E-state index contributed by atoms with van der Waals surface area (Å²) in [4.78, 5) is 9.06. The van der Waals surface area contributed by atoms with Crippen LogP contribution in [0, 0.1) is 0 Å². The maximum atomic E-state index is 4.68. The Morgan fingerprint density at radius 2 is 2.20 bits per heavy atom. The van der Waals surface area contributed by atoms with Gasteiger partial charge in [0.25, 0.3) is 0 Å². The Balaban J connectivity index is 1.53. The third-order valence-electron chi connectivity index (χ3n) is 3.15. The number of nitrogens with one attached hydrogen (secondary N) is 2. The molecule has 5 heteroatoms. The van der Waals surface area contributed by atoms with Gasteiger partial charge in [0.15, 0.2) is 5.96 Å². The van der Waals surface area contributed by atoms with E-state index in [0.717, 1.165) is 36.2 Å². The van der Waals surface area contributed by atoms with Gasteiger partial charge in [-0.05, 0) is 6.92 Å². The lowest BCUT2D eigenvalue weighted by atomic mass is 10.2. The van der Waals surface area contributed by atoms with E-state index in [9.17, 15) is 0 Å². The largest absolute Gasteiger partial charge is 0.356 e. The van der Waals surface area contributed by atoms with Crippen LogP contribution in [-0.4, -0.2) is 30.1 Å². The Kier molecular flexibility index (Phi) is 3.97. The first kappa shape index (κ1) is 13.1. The third-order valence-corrected chi connectivity index (χ3v) is 4.09. The molecule has 4 nitrogen and oxygen atoms in total. The van der Waals surface area contributed by atoms with Gasteiger partial charge in [-0.2, -0.15) is 0 Å². The molecule has 0 saturated carbocycles. The van der Waals surface area contributed by atoms with Crippen LogP contribution in [0.4, 0.5) is 0 Å². The number of aliphatic imine (C=N–C) groups is 1. The minimum Gasteiger partial charge on any atom is -0.356 e. The molecule has 0 fully saturated rings. The van der Waals surface area contributed by atoms with Gasteiger partial charge in [-0.3, -0.25) is 4.99 Å². The molecule has 1 aromatic heterocycles. The molecule has 2 heterocycles. The van der Waals surface area contributed by atoms with Crippen molar-refractivity contribution in [3.8, 4) is 10.6 Å². The molecule has 1 unspecified atom stereocenters. The lowest BCUT2D eigenvalue weighted by Gasteiger charge is -2.07. The molecule has 0 bridgehead atoms. The van der Waals surface area contributed by atoms with Crippen molar-refractivity contribution in [2.24, 2.45) is 4.99 Å². The predicted molar refractivity (Wildman–Crippen MR) is 84.2 cm³/mol. The van der Waals surface area contributed by atoms with Gasteiger partial charge in [0.05, 0.1) is 12.2 Å². The van der Waals surface area contributed by atoms with Crippen LogP contribution in [0.25, 0.3) is 10.6 Å². The van der Waals surface area contributed by atoms with Crippen LogP contribution in [0.5, 0.6) is 0 Å². The van der Waals surface area contributed by atoms with Crippen molar-refractivity contribution in [2.75, 3.05) is 13.1 Å². The average Bonchev–Trinajstić information content (AvgIpc) is 3.09. The topological polar surface area (TPSA) is 49.3 Å². The number of guanidine groups is 1. The molecule has 104 valence electrons. The van der Waals surface area contributed by atoms with E-state index in [-0.39, 0.29) is 0 Å². The fraction of sp³-hybridized carbons (Fsp3) is 0.333. The number of aromatic nitrogens is 1. The predicted octanol–water partition coefficient (Wildman–Crippen LogP) is 2.29. The maximum Gasteiger partial charge on any atom is 0.191 e. The number of hydrogen-bond acceptors (Lipinski definition) is 5. The average molecular weight is 286 g/mol. The number of rotatable bonds is 4. The highest BCUT2D eigenvalue weighted by molar-refractivity contribution is 7.13. The molecule has 1 aliphatic rings. The summed E-state index contributed by atoms with van der Waals surface area (Å²) in [6.07, 6.45) is 0.915. The number of thiazole rings is 1. The highest BCUT2D eigenvalue weighted by Crippen LogP contribution is 2.23. The van der Waals surface area contributed by atoms with E-state index in [0.29, 0.717) is 6.04 Å². The van der Waals surface area contributed by atoms with E-state index in [1.165, 1.54) is 5.56 Å². The maximum absolute atomic E-state index is 4.68. The van der Waals surface area contributed by atoms with Crippen molar-refractivity contribution in [3.05, 3.63) is 41.4 Å². The van der Waals surface area contributed by atoms with Gasteiger partial charge in [0.1, 0.15) is 5.01 Å². The first-order valence-electron chi connectivity index (χ1n) is 6.86. The van der Waals surface area contributed by atoms with E-state index in [1.807, 2.05) is 18.2 Å². The summed E-state index contributed by atoms with van der Waals surface area (Å²) < 4.78 is 0. The van der Waals surface area contributed by atoms with Gasteiger partial charge >= 0.3 is 0 Å². The summed E-state index contributed by atoms with van der Waals surface area (Å²) in [5.74, 6) is 0.913. The molecule has 0 saturated heterocycles. The van der Waals surface area contributed by atoms with Crippen LogP contribution in [-0.2, 0) is 6.42 Å². The van der Waals surface area contributed by atoms with E-state index in [4.69, 9.17) is 0 Å². The molecular formula is C15H18N4S. The fourth-order valence-electron chi connectivity index (χ4n) is 2.10. The minimum atomic E-state index is 0.446. The number of hydrogen-bond donors (Lipinski definition) is 2. The quantitative estimate of drug-likeness (QED) is 0.906. The lowest BCUT2D eigenvalue weighted by Crippen LogP contribution is -2.38. The molecule has 0 amide bonds. The summed E-state index contributed by atoms with van der Waals surface area (Å²) in [5.41, 5.74) is 2.32. The second kappa shape index (κ2) is 6.05. The van der Waals surface area contributed by atoms with E-state index >= 15 is 0 Å². The van der Waals surface area contributed by atoms with Crippen LogP contribution in [0.1, 0.15) is 12.6 Å². The van der Waals surface area contributed by atoms with Crippen molar-refractivity contribution in [2.45, 2.75) is 19.4 Å². The van der Waals surface area contributed by atoms with Gasteiger partial charge in [-0.1, -0.05) is 30.3 Å². The molecule has 0 aliphatic carbocycles. The molecule has 2 N–H and O–H groups in total. The van der Waals surface area contributed by atoms with Gasteiger partial charge in [0, 0.05) is 30.0 Å². The van der Waals surface area contributed by atoms with E-state index < -0.39 is 0 Å². The summed E-state index contributed by atoms with van der Waals surface area (Å²) in [5, 5.41) is 9.83. The lowest BCUT2D eigenvalue weighted by molar-refractivity contribution is 0.711. The summed E-state index contributed by atoms with van der Waals surface area (Å²) in [7, 11) is 0. The Bertz CT molecular complexity index is 591.